The number of carbonyl (C=O) groups is 1. The number of rotatable bonds is 4. The second-order valence-corrected chi connectivity index (χ2v) is 3.38. The van der Waals surface area contributed by atoms with Crippen molar-refractivity contribution >= 4 is 11.7 Å². The van der Waals surface area contributed by atoms with E-state index in [1.54, 1.807) is 0 Å². The lowest BCUT2D eigenvalue weighted by Gasteiger charge is -1.87. The number of furan rings is 1. The molecular formula is C9H8N4O4. The summed E-state index contributed by atoms with van der Waals surface area (Å²) in [7, 11) is 0. The molecule has 2 aromatic rings. The smallest absolute Gasteiger partial charge is 0.397 e. The van der Waals surface area contributed by atoms with Crippen molar-refractivity contribution in [1.29, 1.82) is 0 Å². The van der Waals surface area contributed by atoms with Gasteiger partial charge in [0, 0.05) is 0 Å². The Balaban J connectivity index is 2.24. The normalized spacial score (nSPS) is 10.4. The topological polar surface area (TPSA) is 115 Å². The molecule has 2 aromatic heterocycles. The molecule has 0 aliphatic carbocycles. The molecule has 0 aliphatic heterocycles. The molecule has 17 heavy (non-hydrogen) atoms. The van der Waals surface area contributed by atoms with Crippen LogP contribution in [0, 0.1) is 10.1 Å². The Bertz CT molecular complexity index is 571. The van der Waals surface area contributed by atoms with E-state index in [0.29, 0.717) is 5.82 Å². The number of hydrogen-bond donors (Lipinski definition) is 1. The van der Waals surface area contributed by atoms with E-state index in [2.05, 4.69) is 15.2 Å². The first-order chi connectivity index (χ1) is 8.06. The maximum Gasteiger partial charge on any atom is 0.433 e. The summed E-state index contributed by atoms with van der Waals surface area (Å²) in [5, 5.41) is 16.8. The summed E-state index contributed by atoms with van der Waals surface area (Å²) in [5.41, 5.74) is 0. The molecule has 8 nitrogen and oxygen atoms in total. The van der Waals surface area contributed by atoms with Gasteiger partial charge in [0.15, 0.2) is 5.76 Å². The van der Waals surface area contributed by atoms with Gasteiger partial charge in [0.05, 0.1) is 12.5 Å². The van der Waals surface area contributed by atoms with Crippen LogP contribution in [-0.4, -0.2) is 25.9 Å². The number of nitro groups is 1. The highest BCUT2D eigenvalue weighted by Gasteiger charge is 2.16. The molecule has 2 heterocycles. The van der Waals surface area contributed by atoms with Crippen molar-refractivity contribution in [2.24, 2.45) is 0 Å². The number of Topliss-reactive ketones (excluding diaryl/α,β-unsaturated/α-hetero) is 1. The zero-order valence-electron chi connectivity index (χ0n) is 8.84. The van der Waals surface area contributed by atoms with Crippen molar-refractivity contribution < 1.29 is 14.1 Å². The van der Waals surface area contributed by atoms with Crippen molar-refractivity contribution in [3.63, 3.8) is 0 Å². The van der Waals surface area contributed by atoms with Gasteiger partial charge in [0.1, 0.15) is 16.5 Å². The van der Waals surface area contributed by atoms with E-state index in [9.17, 15) is 14.9 Å². The second-order valence-electron chi connectivity index (χ2n) is 3.38. The molecule has 0 saturated carbocycles. The van der Waals surface area contributed by atoms with E-state index in [1.165, 1.54) is 19.1 Å². The minimum absolute atomic E-state index is 0.0573. The van der Waals surface area contributed by atoms with Gasteiger partial charge >= 0.3 is 5.88 Å². The Morgan fingerprint density at radius 3 is 2.94 bits per heavy atom. The fraction of sp³-hybridized carbons (Fsp3) is 0.222. The third kappa shape index (κ3) is 2.36. The number of aromatic nitrogens is 3. The average molecular weight is 236 g/mol. The fourth-order valence-corrected chi connectivity index (χ4v) is 1.27. The highest BCUT2D eigenvalue weighted by atomic mass is 16.6. The maximum atomic E-state index is 10.9. The van der Waals surface area contributed by atoms with Crippen LogP contribution in [0.2, 0.25) is 0 Å². The molecule has 0 saturated heterocycles. The van der Waals surface area contributed by atoms with Crippen LogP contribution in [0.5, 0.6) is 0 Å². The van der Waals surface area contributed by atoms with Crippen LogP contribution in [0.3, 0.4) is 0 Å². The first-order valence-electron chi connectivity index (χ1n) is 4.71. The number of ketones is 1. The predicted molar refractivity (Wildman–Crippen MR) is 55.1 cm³/mol. The van der Waals surface area contributed by atoms with Gasteiger partial charge < -0.3 is 4.42 Å². The summed E-state index contributed by atoms with van der Waals surface area (Å²) in [6.45, 7) is 1.43. The number of H-pyrrole nitrogens is 1. The zero-order valence-corrected chi connectivity index (χ0v) is 8.84. The molecular weight excluding hydrogens is 228 g/mol. The third-order valence-corrected chi connectivity index (χ3v) is 1.94. The van der Waals surface area contributed by atoms with Crippen LogP contribution >= 0.6 is 0 Å². The lowest BCUT2D eigenvalue weighted by Crippen LogP contribution is -1.97. The van der Waals surface area contributed by atoms with Crippen molar-refractivity contribution in [3.05, 3.63) is 28.1 Å². The minimum atomic E-state index is -0.646. The van der Waals surface area contributed by atoms with E-state index in [1.807, 2.05) is 0 Å². The average Bonchev–Trinajstić information content (AvgIpc) is 2.83. The van der Waals surface area contributed by atoms with Crippen molar-refractivity contribution in [2.75, 3.05) is 0 Å². The van der Waals surface area contributed by atoms with Crippen molar-refractivity contribution in [1.82, 2.24) is 15.2 Å². The molecule has 0 radical (unpaired) electrons. The largest absolute Gasteiger partial charge is 0.433 e. The van der Waals surface area contributed by atoms with Crippen LogP contribution in [0.4, 0.5) is 5.88 Å². The molecule has 0 fully saturated rings. The first kappa shape index (κ1) is 11.0. The van der Waals surface area contributed by atoms with Crippen molar-refractivity contribution in [3.8, 4) is 11.6 Å². The van der Waals surface area contributed by atoms with Gasteiger partial charge in [0.25, 0.3) is 0 Å². The number of hydrogen-bond acceptors (Lipinski definition) is 6. The summed E-state index contributed by atoms with van der Waals surface area (Å²) >= 11 is 0. The molecule has 8 heteroatoms. The third-order valence-electron chi connectivity index (χ3n) is 1.94. The molecule has 0 amide bonds. The van der Waals surface area contributed by atoms with E-state index < -0.39 is 4.92 Å². The quantitative estimate of drug-likeness (QED) is 0.627. The summed E-state index contributed by atoms with van der Waals surface area (Å²) < 4.78 is 4.92. The maximum absolute atomic E-state index is 10.9. The van der Waals surface area contributed by atoms with Gasteiger partial charge in [-0.1, -0.05) is 0 Å². The summed E-state index contributed by atoms with van der Waals surface area (Å²) in [4.78, 5) is 24.6. The van der Waals surface area contributed by atoms with Crippen LogP contribution in [0.25, 0.3) is 11.6 Å². The summed E-state index contributed by atoms with van der Waals surface area (Å²) in [6.07, 6.45) is 0.135. The molecule has 88 valence electrons. The summed E-state index contributed by atoms with van der Waals surface area (Å²) in [6, 6.07) is 2.62. The Hall–Kier alpha value is -2.51. The number of carbonyl (C=O) groups excluding carboxylic acids is 1. The van der Waals surface area contributed by atoms with Gasteiger partial charge in [-0.3, -0.25) is 20.0 Å². The Kier molecular flexibility index (Phi) is 2.69. The fourth-order valence-electron chi connectivity index (χ4n) is 1.27. The first-order valence-corrected chi connectivity index (χ1v) is 4.71. The van der Waals surface area contributed by atoms with Crippen LogP contribution < -0.4 is 0 Å². The predicted octanol–water partition coefficient (Wildman–Crippen LogP) is 1.10. The van der Waals surface area contributed by atoms with Gasteiger partial charge in [-0.15, -0.1) is 0 Å². The molecule has 0 atom stereocenters. The van der Waals surface area contributed by atoms with Gasteiger partial charge in [-0.2, -0.15) is 5.10 Å². The number of nitrogens with zero attached hydrogens (tertiary/aromatic N) is 3. The zero-order chi connectivity index (χ0) is 12.4. The summed E-state index contributed by atoms with van der Waals surface area (Å²) in [5.74, 6) is 0.333. The van der Waals surface area contributed by atoms with Crippen molar-refractivity contribution in [2.45, 2.75) is 13.3 Å². The Labute approximate surface area is 94.8 Å². The van der Waals surface area contributed by atoms with Crippen LogP contribution in [0.1, 0.15) is 12.7 Å². The van der Waals surface area contributed by atoms with E-state index in [4.69, 9.17) is 4.42 Å². The molecule has 2 rings (SSSR count). The number of aromatic amines is 1. The second kappa shape index (κ2) is 4.16. The molecule has 0 spiro atoms. The molecule has 0 aliphatic rings. The van der Waals surface area contributed by atoms with Crippen LogP contribution in [0.15, 0.2) is 16.5 Å². The lowest BCUT2D eigenvalue weighted by molar-refractivity contribution is -0.401. The number of nitrogens with one attached hydrogen (secondary N) is 1. The van der Waals surface area contributed by atoms with E-state index >= 15 is 0 Å². The monoisotopic (exact) mass is 236 g/mol. The minimum Gasteiger partial charge on any atom is -0.397 e. The van der Waals surface area contributed by atoms with Gasteiger partial charge in [-0.05, 0) is 13.0 Å². The van der Waals surface area contributed by atoms with E-state index in [0.717, 1.165) is 0 Å². The Morgan fingerprint density at radius 2 is 2.35 bits per heavy atom. The SMILES string of the molecule is CC(=O)Cc1nc(-c2ccc([N+](=O)[O-])o2)n[nH]1. The highest BCUT2D eigenvalue weighted by Crippen LogP contribution is 2.22. The lowest BCUT2D eigenvalue weighted by atomic mass is 10.3. The van der Waals surface area contributed by atoms with Gasteiger partial charge in [0.2, 0.25) is 5.82 Å². The Morgan fingerprint density at radius 1 is 1.59 bits per heavy atom. The van der Waals surface area contributed by atoms with Gasteiger partial charge in [-0.25, -0.2) is 4.98 Å². The molecule has 0 unspecified atom stereocenters. The molecule has 0 bridgehead atoms. The highest BCUT2D eigenvalue weighted by molar-refractivity contribution is 5.77. The molecule has 0 aromatic carbocycles. The van der Waals surface area contributed by atoms with E-state index in [-0.39, 0.29) is 29.7 Å². The standard InChI is InChI=1S/C9H8N4O4/c1-5(14)4-7-10-9(12-11-7)6-2-3-8(17-6)13(15)16/h2-3H,4H2,1H3,(H,10,11,12). The molecule has 1 N–H and O–H groups in total. The van der Waals surface area contributed by atoms with Crippen LogP contribution in [-0.2, 0) is 11.2 Å².